The van der Waals surface area contributed by atoms with Crippen LogP contribution < -0.4 is 10.2 Å². The number of nitrogens with zero attached hydrogens (tertiary/aromatic N) is 1. The van der Waals surface area contributed by atoms with Crippen LogP contribution in [0.4, 0.5) is 5.69 Å². The minimum absolute atomic E-state index is 0.523. The van der Waals surface area contributed by atoms with Crippen LogP contribution in [-0.4, -0.2) is 31.3 Å². The van der Waals surface area contributed by atoms with Gasteiger partial charge in [0, 0.05) is 30.8 Å². The van der Waals surface area contributed by atoms with Gasteiger partial charge in [0.25, 0.3) is 0 Å². The number of benzene rings is 1. The standard InChI is InChI=1S/C15H23ClN2O/c1-17-10-12-5-6-13(9-14(12)16)18(2)11-15(19)7-3-4-8-15/h5-6,9,17,19H,3-4,7-8,10-11H2,1-2H3. The lowest BCUT2D eigenvalue weighted by Crippen LogP contribution is -2.39. The topological polar surface area (TPSA) is 35.5 Å². The maximum Gasteiger partial charge on any atom is 0.0821 e. The Balaban J connectivity index is 2.06. The fourth-order valence-corrected chi connectivity index (χ4v) is 3.07. The van der Waals surface area contributed by atoms with Crippen molar-refractivity contribution in [2.75, 3.05) is 25.5 Å². The average molecular weight is 283 g/mol. The van der Waals surface area contributed by atoms with Crippen LogP contribution in [-0.2, 0) is 6.54 Å². The molecule has 0 saturated heterocycles. The van der Waals surface area contributed by atoms with Crippen LogP contribution in [0.2, 0.25) is 5.02 Å². The Bertz CT molecular complexity index is 430. The van der Waals surface area contributed by atoms with Gasteiger partial charge in [-0.15, -0.1) is 0 Å². The molecule has 2 N–H and O–H groups in total. The van der Waals surface area contributed by atoms with Crippen LogP contribution in [0.25, 0.3) is 0 Å². The predicted molar refractivity (Wildman–Crippen MR) is 80.9 cm³/mol. The van der Waals surface area contributed by atoms with Gasteiger partial charge in [0.1, 0.15) is 0 Å². The van der Waals surface area contributed by atoms with Crippen molar-refractivity contribution in [3.05, 3.63) is 28.8 Å². The van der Waals surface area contributed by atoms with Crippen molar-refractivity contribution in [3.63, 3.8) is 0 Å². The van der Waals surface area contributed by atoms with Crippen molar-refractivity contribution < 1.29 is 5.11 Å². The van der Waals surface area contributed by atoms with E-state index in [9.17, 15) is 5.11 Å². The number of hydrogen-bond acceptors (Lipinski definition) is 3. The van der Waals surface area contributed by atoms with E-state index >= 15 is 0 Å². The number of rotatable bonds is 5. The number of anilines is 1. The molecule has 1 saturated carbocycles. The highest BCUT2D eigenvalue weighted by molar-refractivity contribution is 6.31. The summed E-state index contributed by atoms with van der Waals surface area (Å²) in [5.74, 6) is 0. The van der Waals surface area contributed by atoms with Gasteiger partial charge in [0.05, 0.1) is 5.60 Å². The third kappa shape index (κ3) is 3.62. The van der Waals surface area contributed by atoms with E-state index in [2.05, 4.69) is 16.3 Å². The molecule has 0 heterocycles. The Morgan fingerprint density at radius 2 is 2.05 bits per heavy atom. The van der Waals surface area contributed by atoms with Gasteiger partial charge in [-0.05, 0) is 37.6 Å². The second-order valence-electron chi connectivity index (χ2n) is 5.59. The summed E-state index contributed by atoms with van der Waals surface area (Å²) < 4.78 is 0. The molecule has 0 amide bonds. The minimum Gasteiger partial charge on any atom is -0.388 e. The highest BCUT2D eigenvalue weighted by Crippen LogP contribution is 2.32. The van der Waals surface area contributed by atoms with E-state index in [0.29, 0.717) is 6.54 Å². The monoisotopic (exact) mass is 282 g/mol. The normalized spacial score (nSPS) is 17.7. The predicted octanol–water partition coefficient (Wildman–Crippen LogP) is 2.80. The molecule has 4 heteroatoms. The van der Waals surface area contributed by atoms with Gasteiger partial charge in [-0.3, -0.25) is 0 Å². The third-order valence-electron chi connectivity index (χ3n) is 3.91. The third-order valence-corrected chi connectivity index (χ3v) is 4.26. The zero-order valence-electron chi connectivity index (χ0n) is 11.7. The van der Waals surface area contributed by atoms with Gasteiger partial charge in [-0.25, -0.2) is 0 Å². The van der Waals surface area contributed by atoms with E-state index in [1.807, 2.05) is 26.2 Å². The lowest BCUT2D eigenvalue weighted by atomic mass is 10.0. The molecule has 1 aromatic carbocycles. The molecule has 0 unspecified atom stereocenters. The van der Waals surface area contributed by atoms with Gasteiger partial charge < -0.3 is 15.3 Å². The zero-order chi connectivity index (χ0) is 13.9. The fourth-order valence-electron chi connectivity index (χ4n) is 2.83. The van der Waals surface area contributed by atoms with Gasteiger partial charge in [-0.2, -0.15) is 0 Å². The number of nitrogens with one attached hydrogen (secondary N) is 1. The molecule has 1 fully saturated rings. The summed E-state index contributed by atoms with van der Waals surface area (Å²) in [5.41, 5.74) is 1.64. The maximum atomic E-state index is 10.4. The summed E-state index contributed by atoms with van der Waals surface area (Å²) in [5, 5.41) is 14.3. The molecule has 0 radical (unpaired) electrons. The summed E-state index contributed by atoms with van der Waals surface area (Å²) in [6.45, 7) is 1.45. The van der Waals surface area contributed by atoms with Crippen molar-refractivity contribution in [2.45, 2.75) is 37.8 Å². The summed E-state index contributed by atoms with van der Waals surface area (Å²) in [7, 11) is 3.92. The summed E-state index contributed by atoms with van der Waals surface area (Å²) in [4.78, 5) is 2.10. The van der Waals surface area contributed by atoms with Gasteiger partial charge in [-0.1, -0.05) is 30.5 Å². The summed E-state index contributed by atoms with van der Waals surface area (Å²) >= 11 is 6.27. The lowest BCUT2D eigenvalue weighted by Gasteiger charge is -2.30. The first-order valence-corrected chi connectivity index (χ1v) is 7.28. The van der Waals surface area contributed by atoms with Crippen molar-refractivity contribution in [3.8, 4) is 0 Å². The fraction of sp³-hybridized carbons (Fsp3) is 0.600. The van der Waals surface area contributed by atoms with Gasteiger partial charge >= 0.3 is 0 Å². The molecule has 1 aromatic rings. The van der Waals surface area contributed by atoms with Crippen molar-refractivity contribution in [1.82, 2.24) is 5.32 Å². The van der Waals surface area contributed by atoms with E-state index in [-0.39, 0.29) is 0 Å². The molecular weight excluding hydrogens is 260 g/mol. The minimum atomic E-state index is -0.523. The van der Waals surface area contributed by atoms with E-state index in [4.69, 9.17) is 11.6 Å². The van der Waals surface area contributed by atoms with Crippen LogP contribution in [0, 0.1) is 0 Å². The highest BCUT2D eigenvalue weighted by atomic mass is 35.5. The zero-order valence-corrected chi connectivity index (χ0v) is 12.5. The number of likely N-dealkylation sites (N-methyl/N-ethyl adjacent to an activating group) is 1. The smallest absolute Gasteiger partial charge is 0.0821 e. The SMILES string of the molecule is CNCc1ccc(N(C)CC2(O)CCCC2)cc1Cl. The highest BCUT2D eigenvalue weighted by Gasteiger charge is 2.32. The Labute approximate surface area is 120 Å². The summed E-state index contributed by atoms with van der Waals surface area (Å²) in [6.07, 6.45) is 4.07. The largest absolute Gasteiger partial charge is 0.388 e. The molecule has 0 spiro atoms. The molecule has 19 heavy (non-hydrogen) atoms. The Morgan fingerprint density at radius 1 is 1.37 bits per heavy atom. The second-order valence-corrected chi connectivity index (χ2v) is 6.00. The van der Waals surface area contributed by atoms with Crippen LogP contribution in [0.5, 0.6) is 0 Å². The average Bonchev–Trinajstić information content (AvgIpc) is 2.78. The van der Waals surface area contributed by atoms with E-state index in [0.717, 1.165) is 48.5 Å². The molecule has 3 nitrogen and oxygen atoms in total. The molecule has 0 aliphatic heterocycles. The first kappa shape index (κ1) is 14.6. The molecule has 106 valence electrons. The molecule has 1 aliphatic carbocycles. The van der Waals surface area contributed by atoms with E-state index in [1.165, 1.54) is 0 Å². The Kier molecular flexibility index (Phi) is 4.71. The first-order valence-electron chi connectivity index (χ1n) is 6.91. The number of aliphatic hydroxyl groups is 1. The lowest BCUT2D eigenvalue weighted by molar-refractivity contribution is 0.0559. The molecule has 0 atom stereocenters. The van der Waals surface area contributed by atoms with Gasteiger partial charge in [0.15, 0.2) is 0 Å². The van der Waals surface area contributed by atoms with E-state index in [1.54, 1.807) is 0 Å². The Hall–Kier alpha value is -0.770. The maximum absolute atomic E-state index is 10.4. The van der Waals surface area contributed by atoms with Crippen molar-refractivity contribution in [2.24, 2.45) is 0 Å². The van der Waals surface area contributed by atoms with Crippen LogP contribution in [0.15, 0.2) is 18.2 Å². The molecule has 1 aliphatic rings. The van der Waals surface area contributed by atoms with Crippen LogP contribution >= 0.6 is 11.6 Å². The quantitative estimate of drug-likeness (QED) is 0.872. The summed E-state index contributed by atoms with van der Waals surface area (Å²) in [6, 6.07) is 6.09. The first-order chi connectivity index (χ1) is 9.04. The second kappa shape index (κ2) is 6.12. The van der Waals surface area contributed by atoms with Crippen LogP contribution in [0.1, 0.15) is 31.2 Å². The van der Waals surface area contributed by atoms with Gasteiger partial charge in [0.2, 0.25) is 0 Å². The van der Waals surface area contributed by atoms with Crippen molar-refractivity contribution in [1.29, 1.82) is 0 Å². The van der Waals surface area contributed by atoms with E-state index < -0.39 is 5.60 Å². The molecular formula is C15H23ClN2O. The molecule has 2 rings (SSSR count). The number of halogens is 1. The Morgan fingerprint density at radius 3 is 2.63 bits per heavy atom. The molecule has 0 bridgehead atoms. The number of hydrogen-bond donors (Lipinski definition) is 2. The van der Waals surface area contributed by atoms with Crippen molar-refractivity contribution >= 4 is 17.3 Å². The molecule has 0 aromatic heterocycles. The van der Waals surface area contributed by atoms with Crippen LogP contribution in [0.3, 0.4) is 0 Å².